The van der Waals surface area contributed by atoms with Gasteiger partial charge in [-0.3, -0.25) is 0 Å². The van der Waals surface area contributed by atoms with Crippen molar-refractivity contribution in [2.75, 3.05) is 14.2 Å². The number of hydrogen-bond acceptors (Lipinski definition) is 4. The van der Waals surface area contributed by atoms with E-state index in [0.29, 0.717) is 6.42 Å². The summed E-state index contributed by atoms with van der Waals surface area (Å²) in [6.45, 7) is 1.94. The van der Waals surface area contributed by atoms with Crippen LogP contribution in [0.3, 0.4) is 0 Å². The standard InChI is InChI=1S/C12H16N2O2/c1-8-4-12(16-3)9(5-10(14)7-13)6-11(8)15-2/h4,6,10H,5,14H2,1-3H3. The molecule has 1 aromatic carbocycles. The Labute approximate surface area is 95.6 Å². The predicted octanol–water partition coefficient (Wildman–Crippen LogP) is 1.41. The third kappa shape index (κ3) is 2.65. The summed E-state index contributed by atoms with van der Waals surface area (Å²) in [5, 5.41) is 8.69. The van der Waals surface area contributed by atoms with Gasteiger partial charge in [-0.1, -0.05) is 0 Å². The lowest BCUT2D eigenvalue weighted by atomic mass is 10.0. The minimum absolute atomic E-state index is 0.455. The number of rotatable bonds is 4. The molecule has 0 fully saturated rings. The Morgan fingerprint density at radius 2 is 1.94 bits per heavy atom. The fourth-order valence-corrected chi connectivity index (χ4v) is 1.56. The van der Waals surface area contributed by atoms with Gasteiger partial charge in [0.2, 0.25) is 0 Å². The van der Waals surface area contributed by atoms with Gasteiger partial charge in [0.25, 0.3) is 0 Å². The fraction of sp³-hybridized carbons (Fsp3) is 0.417. The van der Waals surface area contributed by atoms with Crippen LogP contribution in [0.25, 0.3) is 0 Å². The van der Waals surface area contributed by atoms with Gasteiger partial charge in [0.05, 0.1) is 26.3 Å². The second-order valence-electron chi connectivity index (χ2n) is 3.57. The molecule has 0 spiro atoms. The quantitative estimate of drug-likeness (QED) is 0.832. The maximum Gasteiger partial charge on any atom is 0.122 e. The Kier molecular flexibility index (Phi) is 4.15. The average molecular weight is 220 g/mol. The van der Waals surface area contributed by atoms with Gasteiger partial charge < -0.3 is 15.2 Å². The Hall–Kier alpha value is -1.73. The van der Waals surface area contributed by atoms with Gasteiger partial charge in [-0.2, -0.15) is 5.26 Å². The van der Waals surface area contributed by atoms with E-state index in [9.17, 15) is 0 Å². The van der Waals surface area contributed by atoms with E-state index < -0.39 is 6.04 Å². The van der Waals surface area contributed by atoms with Gasteiger partial charge in [-0.05, 0) is 24.6 Å². The van der Waals surface area contributed by atoms with Crippen LogP contribution in [0.5, 0.6) is 11.5 Å². The van der Waals surface area contributed by atoms with Crippen LogP contribution in [0.4, 0.5) is 0 Å². The third-order valence-electron chi connectivity index (χ3n) is 2.40. The second-order valence-corrected chi connectivity index (χ2v) is 3.57. The van der Waals surface area contributed by atoms with Crippen molar-refractivity contribution < 1.29 is 9.47 Å². The molecule has 0 saturated heterocycles. The van der Waals surface area contributed by atoms with Gasteiger partial charge in [-0.15, -0.1) is 0 Å². The van der Waals surface area contributed by atoms with Crippen LogP contribution in [0.2, 0.25) is 0 Å². The molecular formula is C12H16N2O2. The number of benzene rings is 1. The van der Waals surface area contributed by atoms with Crippen molar-refractivity contribution in [3.63, 3.8) is 0 Å². The smallest absolute Gasteiger partial charge is 0.122 e. The van der Waals surface area contributed by atoms with E-state index in [1.807, 2.05) is 25.1 Å². The van der Waals surface area contributed by atoms with Crippen molar-refractivity contribution in [3.8, 4) is 17.6 Å². The topological polar surface area (TPSA) is 68.3 Å². The number of nitriles is 1. The maximum atomic E-state index is 8.69. The summed E-state index contributed by atoms with van der Waals surface area (Å²) >= 11 is 0. The molecule has 0 amide bonds. The second kappa shape index (κ2) is 5.38. The van der Waals surface area contributed by atoms with Gasteiger partial charge in [0.1, 0.15) is 11.5 Å². The highest BCUT2D eigenvalue weighted by molar-refractivity contribution is 5.46. The molecule has 16 heavy (non-hydrogen) atoms. The Bertz CT molecular complexity index is 410. The zero-order valence-electron chi connectivity index (χ0n) is 9.78. The van der Waals surface area contributed by atoms with E-state index in [1.54, 1.807) is 14.2 Å². The molecule has 2 N–H and O–H groups in total. The number of methoxy groups -OCH3 is 2. The van der Waals surface area contributed by atoms with E-state index >= 15 is 0 Å². The maximum absolute atomic E-state index is 8.69. The molecule has 0 aliphatic rings. The van der Waals surface area contributed by atoms with E-state index in [0.717, 1.165) is 22.6 Å². The normalized spacial score (nSPS) is 11.7. The molecule has 0 aliphatic carbocycles. The summed E-state index contributed by atoms with van der Waals surface area (Å²) in [7, 11) is 3.21. The first kappa shape index (κ1) is 12.3. The molecule has 1 aromatic rings. The fourth-order valence-electron chi connectivity index (χ4n) is 1.56. The third-order valence-corrected chi connectivity index (χ3v) is 2.40. The lowest BCUT2D eigenvalue weighted by Crippen LogP contribution is -2.20. The zero-order chi connectivity index (χ0) is 12.1. The lowest BCUT2D eigenvalue weighted by Gasteiger charge is -2.13. The number of hydrogen-bond donors (Lipinski definition) is 1. The van der Waals surface area contributed by atoms with Crippen LogP contribution in [-0.4, -0.2) is 20.3 Å². The first-order valence-electron chi connectivity index (χ1n) is 4.99. The summed E-state index contributed by atoms with van der Waals surface area (Å²) < 4.78 is 10.5. The van der Waals surface area contributed by atoms with E-state index in [-0.39, 0.29) is 0 Å². The molecule has 0 aliphatic heterocycles. The van der Waals surface area contributed by atoms with Gasteiger partial charge in [-0.25, -0.2) is 0 Å². The molecule has 1 rings (SSSR count). The van der Waals surface area contributed by atoms with Crippen LogP contribution in [0.1, 0.15) is 11.1 Å². The Morgan fingerprint density at radius 3 is 2.44 bits per heavy atom. The number of ether oxygens (including phenoxy) is 2. The van der Waals surface area contributed by atoms with Crippen molar-refractivity contribution >= 4 is 0 Å². The highest BCUT2D eigenvalue weighted by Crippen LogP contribution is 2.28. The number of aryl methyl sites for hydroxylation is 1. The number of nitrogens with two attached hydrogens (primary N) is 1. The van der Waals surface area contributed by atoms with Crippen LogP contribution in [0, 0.1) is 18.3 Å². The molecule has 0 bridgehead atoms. The van der Waals surface area contributed by atoms with Crippen LogP contribution in [-0.2, 0) is 6.42 Å². The molecule has 0 radical (unpaired) electrons. The molecule has 1 unspecified atom stereocenters. The van der Waals surface area contributed by atoms with Gasteiger partial charge >= 0.3 is 0 Å². The minimum Gasteiger partial charge on any atom is -0.496 e. The van der Waals surface area contributed by atoms with Crippen LogP contribution >= 0.6 is 0 Å². The average Bonchev–Trinajstić information content (AvgIpc) is 2.30. The number of nitrogens with zero attached hydrogens (tertiary/aromatic N) is 1. The van der Waals surface area contributed by atoms with E-state index in [2.05, 4.69) is 0 Å². The van der Waals surface area contributed by atoms with Gasteiger partial charge in [0, 0.05) is 12.0 Å². The Morgan fingerprint density at radius 1 is 1.31 bits per heavy atom. The SMILES string of the molecule is COc1cc(CC(N)C#N)c(OC)cc1C. The molecule has 86 valence electrons. The first-order chi connectivity index (χ1) is 7.62. The summed E-state index contributed by atoms with van der Waals surface area (Å²) in [4.78, 5) is 0. The summed E-state index contributed by atoms with van der Waals surface area (Å²) in [5.41, 5.74) is 7.48. The van der Waals surface area contributed by atoms with Crippen molar-refractivity contribution in [2.24, 2.45) is 5.73 Å². The first-order valence-corrected chi connectivity index (χ1v) is 4.99. The molecule has 0 saturated carbocycles. The van der Waals surface area contributed by atoms with Gasteiger partial charge in [0.15, 0.2) is 0 Å². The molecule has 4 nitrogen and oxygen atoms in total. The molecular weight excluding hydrogens is 204 g/mol. The molecule has 0 heterocycles. The van der Waals surface area contributed by atoms with Crippen LogP contribution in [0.15, 0.2) is 12.1 Å². The molecule has 1 atom stereocenters. The summed E-state index contributed by atoms with van der Waals surface area (Å²) in [6.07, 6.45) is 0.455. The zero-order valence-corrected chi connectivity index (χ0v) is 9.78. The highest BCUT2D eigenvalue weighted by Gasteiger charge is 2.11. The van der Waals surface area contributed by atoms with Crippen molar-refractivity contribution in [1.82, 2.24) is 0 Å². The van der Waals surface area contributed by atoms with E-state index in [1.165, 1.54) is 0 Å². The summed E-state index contributed by atoms with van der Waals surface area (Å²) in [5.74, 6) is 1.52. The molecule has 0 aromatic heterocycles. The lowest BCUT2D eigenvalue weighted by molar-refractivity contribution is 0.396. The minimum atomic E-state index is -0.527. The Balaban J connectivity index is 3.10. The predicted molar refractivity (Wildman–Crippen MR) is 61.6 cm³/mol. The van der Waals surface area contributed by atoms with Crippen molar-refractivity contribution in [3.05, 3.63) is 23.3 Å². The van der Waals surface area contributed by atoms with Crippen LogP contribution < -0.4 is 15.2 Å². The highest BCUT2D eigenvalue weighted by atomic mass is 16.5. The summed E-state index contributed by atoms with van der Waals surface area (Å²) in [6, 6.07) is 5.23. The van der Waals surface area contributed by atoms with Crippen molar-refractivity contribution in [1.29, 1.82) is 5.26 Å². The monoisotopic (exact) mass is 220 g/mol. The van der Waals surface area contributed by atoms with E-state index in [4.69, 9.17) is 20.5 Å². The largest absolute Gasteiger partial charge is 0.496 e. The van der Waals surface area contributed by atoms with Crippen molar-refractivity contribution in [2.45, 2.75) is 19.4 Å². The molecule has 4 heteroatoms.